The van der Waals surface area contributed by atoms with Crippen LogP contribution in [0.2, 0.25) is 0 Å². The summed E-state index contributed by atoms with van der Waals surface area (Å²) in [6.07, 6.45) is 5.93. The lowest BCUT2D eigenvalue weighted by molar-refractivity contribution is -0.133. The Morgan fingerprint density at radius 3 is 2.85 bits per heavy atom. The molecular formula is C19H30N4O3. The van der Waals surface area contributed by atoms with Crippen LogP contribution in [0, 0.1) is 5.92 Å². The lowest BCUT2D eigenvalue weighted by Gasteiger charge is -2.34. The molecule has 2 amide bonds. The summed E-state index contributed by atoms with van der Waals surface area (Å²) in [7, 11) is 0. The molecule has 2 aliphatic rings. The van der Waals surface area contributed by atoms with Gasteiger partial charge in [0.1, 0.15) is 0 Å². The number of likely N-dealkylation sites (N-methyl/N-ethyl adjacent to an activating group) is 1. The monoisotopic (exact) mass is 362 g/mol. The van der Waals surface area contributed by atoms with Crippen LogP contribution in [-0.2, 0) is 16.1 Å². The zero-order valence-corrected chi connectivity index (χ0v) is 15.6. The first-order valence-electron chi connectivity index (χ1n) is 9.67. The summed E-state index contributed by atoms with van der Waals surface area (Å²) in [5, 5.41) is 5.90. The number of piperidine rings is 1. The van der Waals surface area contributed by atoms with Gasteiger partial charge in [-0.25, -0.2) is 0 Å². The summed E-state index contributed by atoms with van der Waals surface area (Å²) in [6, 6.07) is 1.68. The summed E-state index contributed by atoms with van der Waals surface area (Å²) in [5.41, 5.74) is 1.21. The van der Waals surface area contributed by atoms with E-state index in [1.165, 1.54) is 5.56 Å². The van der Waals surface area contributed by atoms with Gasteiger partial charge in [0.15, 0.2) is 0 Å². The lowest BCUT2D eigenvalue weighted by atomic mass is 9.96. The molecule has 0 aliphatic carbocycles. The third-order valence-corrected chi connectivity index (χ3v) is 5.51. The van der Waals surface area contributed by atoms with Gasteiger partial charge in [-0.1, -0.05) is 6.92 Å². The van der Waals surface area contributed by atoms with E-state index in [-0.39, 0.29) is 24.3 Å². The molecule has 0 spiro atoms. The first-order chi connectivity index (χ1) is 12.7. The molecule has 7 heteroatoms. The predicted octanol–water partition coefficient (Wildman–Crippen LogP) is 0.818. The molecule has 1 atom stereocenters. The lowest BCUT2D eigenvalue weighted by Crippen LogP contribution is -2.56. The van der Waals surface area contributed by atoms with E-state index in [9.17, 15) is 9.59 Å². The number of furan rings is 1. The number of hydrogen-bond acceptors (Lipinski definition) is 5. The second kappa shape index (κ2) is 9.19. The SMILES string of the molecule is CCN1CCNC(=O)C1CC(=O)NCC1CCN(Cc2ccoc2)CC1. The zero-order chi connectivity index (χ0) is 18.4. The summed E-state index contributed by atoms with van der Waals surface area (Å²) in [4.78, 5) is 28.8. The molecule has 0 radical (unpaired) electrons. The molecule has 7 nitrogen and oxygen atoms in total. The van der Waals surface area contributed by atoms with Gasteiger partial charge in [0.25, 0.3) is 0 Å². The number of hydrogen-bond donors (Lipinski definition) is 2. The quantitative estimate of drug-likeness (QED) is 0.751. The molecule has 2 N–H and O–H groups in total. The topological polar surface area (TPSA) is 77.8 Å². The Balaban J connectivity index is 1.36. The minimum atomic E-state index is -0.328. The van der Waals surface area contributed by atoms with Crippen molar-refractivity contribution in [2.24, 2.45) is 5.92 Å². The van der Waals surface area contributed by atoms with E-state index in [2.05, 4.69) is 20.4 Å². The normalized spacial score (nSPS) is 23.0. The van der Waals surface area contributed by atoms with Gasteiger partial charge >= 0.3 is 0 Å². The van der Waals surface area contributed by atoms with Crippen molar-refractivity contribution in [2.45, 2.75) is 38.8 Å². The van der Waals surface area contributed by atoms with Crippen LogP contribution in [0.5, 0.6) is 0 Å². The molecule has 2 fully saturated rings. The Bertz CT molecular complexity index is 582. The first-order valence-corrected chi connectivity index (χ1v) is 9.67. The van der Waals surface area contributed by atoms with Crippen LogP contribution in [0.15, 0.2) is 23.0 Å². The molecule has 144 valence electrons. The van der Waals surface area contributed by atoms with Gasteiger partial charge in [-0.3, -0.25) is 19.4 Å². The van der Waals surface area contributed by atoms with Crippen molar-refractivity contribution in [2.75, 3.05) is 39.3 Å². The number of nitrogens with zero attached hydrogens (tertiary/aromatic N) is 2. The highest BCUT2D eigenvalue weighted by molar-refractivity contribution is 5.88. The predicted molar refractivity (Wildman–Crippen MR) is 98.4 cm³/mol. The van der Waals surface area contributed by atoms with E-state index in [0.29, 0.717) is 19.0 Å². The Labute approximate surface area is 155 Å². The number of carbonyl (C=O) groups is 2. The Morgan fingerprint density at radius 1 is 1.35 bits per heavy atom. The maximum absolute atomic E-state index is 12.3. The van der Waals surface area contributed by atoms with Gasteiger partial charge in [-0.2, -0.15) is 0 Å². The molecule has 0 aromatic carbocycles. The molecule has 0 bridgehead atoms. The van der Waals surface area contributed by atoms with E-state index in [1.807, 2.05) is 13.0 Å². The maximum atomic E-state index is 12.3. The van der Waals surface area contributed by atoms with Crippen LogP contribution >= 0.6 is 0 Å². The Morgan fingerprint density at radius 2 is 2.15 bits per heavy atom. The minimum Gasteiger partial charge on any atom is -0.472 e. The van der Waals surface area contributed by atoms with Crippen LogP contribution in [0.25, 0.3) is 0 Å². The largest absolute Gasteiger partial charge is 0.472 e. The number of piperazine rings is 1. The second-order valence-corrected chi connectivity index (χ2v) is 7.29. The number of rotatable bonds is 7. The fourth-order valence-corrected chi connectivity index (χ4v) is 3.86. The van der Waals surface area contributed by atoms with E-state index in [0.717, 1.165) is 45.6 Å². The van der Waals surface area contributed by atoms with Gasteiger partial charge in [0.05, 0.1) is 25.0 Å². The van der Waals surface area contributed by atoms with E-state index < -0.39 is 0 Å². The van der Waals surface area contributed by atoms with Crippen LogP contribution in [0.4, 0.5) is 0 Å². The molecule has 1 aromatic rings. The van der Waals surface area contributed by atoms with Crippen LogP contribution < -0.4 is 10.6 Å². The molecular weight excluding hydrogens is 332 g/mol. The Kier molecular flexibility index (Phi) is 6.68. The van der Waals surface area contributed by atoms with Crippen molar-refractivity contribution in [3.05, 3.63) is 24.2 Å². The molecule has 1 aromatic heterocycles. The molecule has 26 heavy (non-hydrogen) atoms. The fraction of sp³-hybridized carbons (Fsp3) is 0.684. The Hall–Kier alpha value is -1.86. The van der Waals surface area contributed by atoms with Crippen LogP contribution in [0.1, 0.15) is 31.7 Å². The van der Waals surface area contributed by atoms with Gasteiger partial charge in [-0.05, 0) is 44.5 Å². The average molecular weight is 362 g/mol. The smallest absolute Gasteiger partial charge is 0.237 e. The van der Waals surface area contributed by atoms with Crippen molar-refractivity contribution in [1.29, 1.82) is 0 Å². The fourth-order valence-electron chi connectivity index (χ4n) is 3.86. The molecule has 3 heterocycles. The highest BCUT2D eigenvalue weighted by atomic mass is 16.3. The second-order valence-electron chi connectivity index (χ2n) is 7.29. The average Bonchev–Trinajstić information content (AvgIpc) is 3.16. The highest BCUT2D eigenvalue weighted by Gasteiger charge is 2.30. The number of carbonyl (C=O) groups excluding carboxylic acids is 2. The van der Waals surface area contributed by atoms with Gasteiger partial charge < -0.3 is 15.1 Å². The molecule has 2 aliphatic heterocycles. The third-order valence-electron chi connectivity index (χ3n) is 5.51. The molecule has 2 saturated heterocycles. The molecule has 0 saturated carbocycles. The number of amides is 2. The first kappa shape index (κ1) is 18.9. The van der Waals surface area contributed by atoms with Gasteiger partial charge in [-0.15, -0.1) is 0 Å². The number of likely N-dealkylation sites (tertiary alicyclic amines) is 1. The standard InChI is InChI=1S/C19H30N4O3/c1-2-23-9-6-20-19(25)17(23)11-18(24)21-12-15-3-7-22(8-4-15)13-16-5-10-26-14-16/h5,10,14-15,17H,2-4,6-9,11-13H2,1H3,(H,20,25)(H,21,24). The van der Waals surface area contributed by atoms with Crippen molar-refractivity contribution >= 4 is 11.8 Å². The summed E-state index contributed by atoms with van der Waals surface area (Å²) in [6.45, 7) is 8.03. The van der Waals surface area contributed by atoms with Crippen molar-refractivity contribution in [3.8, 4) is 0 Å². The van der Waals surface area contributed by atoms with Gasteiger partial charge in [0.2, 0.25) is 11.8 Å². The van der Waals surface area contributed by atoms with Crippen molar-refractivity contribution in [3.63, 3.8) is 0 Å². The van der Waals surface area contributed by atoms with Crippen molar-refractivity contribution in [1.82, 2.24) is 20.4 Å². The zero-order valence-electron chi connectivity index (χ0n) is 15.6. The summed E-state index contributed by atoms with van der Waals surface area (Å²) < 4.78 is 5.12. The summed E-state index contributed by atoms with van der Waals surface area (Å²) in [5.74, 6) is 0.467. The van der Waals surface area contributed by atoms with E-state index >= 15 is 0 Å². The molecule has 3 rings (SSSR count). The minimum absolute atomic E-state index is 0.0219. The summed E-state index contributed by atoms with van der Waals surface area (Å²) >= 11 is 0. The maximum Gasteiger partial charge on any atom is 0.237 e. The molecule has 1 unspecified atom stereocenters. The number of nitrogens with one attached hydrogen (secondary N) is 2. The highest BCUT2D eigenvalue weighted by Crippen LogP contribution is 2.19. The van der Waals surface area contributed by atoms with Crippen molar-refractivity contribution < 1.29 is 14.0 Å². The van der Waals surface area contributed by atoms with E-state index in [4.69, 9.17) is 4.42 Å². The van der Waals surface area contributed by atoms with Gasteiger partial charge in [0, 0.05) is 31.7 Å². The van der Waals surface area contributed by atoms with E-state index in [1.54, 1.807) is 12.5 Å². The third kappa shape index (κ3) is 5.08. The van der Waals surface area contributed by atoms with Crippen LogP contribution in [0.3, 0.4) is 0 Å². The van der Waals surface area contributed by atoms with Crippen LogP contribution in [-0.4, -0.2) is 66.9 Å².